The lowest BCUT2D eigenvalue weighted by Crippen LogP contribution is -2.38. The van der Waals surface area contributed by atoms with E-state index in [1.165, 1.54) is 35.9 Å². The van der Waals surface area contributed by atoms with Gasteiger partial charge in [0.1, 0.15) is 0 Å². The number of halogens is 1. The van der Waals surface area contributed by atoms with Crippen molar-refractivity contribution in [3.05, 3.63) is 20.8 Å². The molecule has 2 aliphatic rings. The fraction of sp³-hybridized carbons (Fsp3) is 0.692. The van der Waals surface area contributed by atoms with Gasteiger partial charge in [0.2, 0.25) is 0 Å². The molecule has 1 saturated heterocycles. The standard InChI is InChI=1S/C13H20IN/c1-4-12(14)8-13-6-5-7-15(13)9-10(2)11(13)3/h8H,4-7,9H2,1-3H3. The Bertz CT molecular complexity index is 329. The zero-order valence-electron chi connectivity index (χ0n) is 9.94. The zero-order chi connectivity index (χ0) is 11.1. The van der Waals surface area contributed by atoms with Gasteiger partial charge in [0.15, 0.2) is 0 Å². The first-order valence-corrected chi connectivity index (χ1v) is 6.97. The van der Waals surface area contributed by atoms with Crippen molar-refractivity contribution in [1.29, 1.82) is 0 Å². The van der Waals surface area contributed by atoms with Crippen molar-refractivity contribution in [2.45, 2.75) is 45.6 Å². The molecule has 1 nitrogen and oxygen atoms in total. The van der Waals surface area contributed by atoms with Crippen molar-refractivity contribution in [2.24, 2.45) is 0 Å². The molecular weight excluding hydrogens is 297 g/mol. The summed E-state index contributed by atoms with van der Waals surface area (Å²) in [5.74, 6) is 0. The lowest BCUT2D eigenvalue weighted by atomic mass is 9.88. The van der Waals surface area contributed by atoms with Crippen molar-refractivity contribution < 1.29 is 0 Å². The second kappa shape index (κ2) is 4.21. The maximum absolute atomic E-state index is 2.66. The van der Waals surface area contributed by atoms with Gasteiger partial charge in [0.05, 0.1) is 5.54 Å². The van der Waals surface area contributed by atoms with E-state index >= 15 is 0 Å². The molecule has 1 unspecified atom stereocenters. The fourth-order valence-electron chi connectivity index (χ4n) is 2.95. The Hall–Kier alpha value is 0.170. The Balaban J connectivity index is 2.38. The number of nitrogens with zero attached hydrogens (tertiary/aromatic N) is 1. The molecule has 1 fully saturated rings. The number of rotatable bonds is 2. The summed E-state index contributed by atoms with van der Waals surface area (Å²) in [5, 5.41) is 0. The quantitative estimate of drug-likeness (QED) is 0.551. The van der Waals surface area contributed by atoms with Crippen LogP contribution in [0.1, 0.15) is 40.0 Å². The summed E-state index contributed by atoms with van der Waals surface area (Å²) in [6, 6.07) is 0. The molecule has 0 aromatic rings. The lowest BCUT2D eigenvalue weighted by Gasteiger charge is -2.31. The van der Waals surface area contributed by atoms with E-state index in [-0.39, 0.29) is 0 Å². The van der Waals surface area contributed by atoms with E-state index in [1.54, 1.807) is 11.1 Å². The molecule has 2 rings (SSSR count). The van der Waals surface area contributed by atoms with Crippen LogP contribution in [0.25, 0.3) is 0 Å². The number of hydrogen-bond donors (Lipinski definition) is 0. The Kier molecular flexibility index (Phi) is 3.27. The molecule has 0 aliphatic carbocycles. The molecule has 1 atom stereocenters. The van der Waals surface area contributed by atoms with Gasteiger partial charge in [0.25, 0.3) is 0 Å². The highest BCUT2D eigenvalue weighted by Gasteiger charge is 2.45. The molecule has 2 aliphatic heterocycles. The van der Waals surface area contributed by atoms with Gasteiger partial charge in [-0.15, -0.1) is 0 Å². The van der Waals surface area contributed by atoms with E-state index in [0.29, 0.717) is 5.54 Å². The van der Waals surface area contributed by atoms with Crippen LogP contribution in [0, 0.1) is 0 Å². The predicted molar refractivity (Wildman–Crippen MR) is 74.3 cm³/mol. The van der Waals surface area contributed by atoms with Crippen molar-refractivity contribution in [1.82, 2.24) is 4.90 Å². The monoisotopic (exact) mass is 317 g/mol. The maximum atomic E-state index is 2.66. The van der Waals surface area contributed by atoms with E-state index in [4.69, 9.17) is 0 Å². The molecule has 15 heavy (non-hydrogen) atoms. The molecule has 0 amide bonds. The molecule has 0 bridgehead atoms. The van der Waals surface area contributed by atoms with Crippen LogP contribution in [0.5, 0.6) is 0 Å². The Labute approximate surface area is 107 Å². The molecule has 0 aromatic heterocycles. The molecule has 84 valence electrons. The number of allylic oxidation sites excluding steroid dienone is 1. The van der Waals surface area contributed by atoms with Crippen LogP contribution < -0.4 is 0 Å². The van der Waals surface area contributed by atoms with E-state index in [9.17, 15) is 0 Å². The minimum absolute atomic E-state index is 0.302. The summed E-state index contributed by atoms with van der Waals surface area (Å²) in [6.45, 7) is 9.34. The molecular formula is C13H20IN. The average molecular weight is 317 g/mol. The average Bonchev–Trinajstić information content (AvgIpc) is 2.69. The summed E-state index contributed by atoms with van der Waals surface area (Å²) in [5.41, 5.74) is 3.50. The van der Waals surface area contributed by atoms with Crippen LogP contribution in [0.4, 0.5) is 0 Å². The van der Waals surface area contributed by atoms with Crippen LogP contribution in [0.3, 0.4) is 0 Å². The van der Waals surface area contributed by atoms with Crippen LogP contribution in [-0.2, 0) is 0 Å². The van der Waals surface area contributed by atoms with Gasteiger partial charge in [-0.3, -0.25) is 4.90 Å². The summed E-state index contributed by atoms with van der Waals surface area (Å²) in [4.78, 5) is 2.66. The van der Waals surface area contributed by atoms with Gasteiger partial charge in [0, 0.05) is 6.54 Å². The smallest absolute Gasteiger partial charge is 0.0618 e. The molecule has 0 aromatic carbocycles. The van der Waals surface area contributed by atoms with Crippen LogP contribution in [0.2, 0.25) is 0 Å². The molecule has 0 spiro atoms. The van der Waals surface area contributed by atoms with Crippen LogP contribution >= 0.6 is 22.6 Å². The van der Waals surface area contributed by atoms with Gasteiger partial charge in [-0.25, -0.2) is 0 Å². The topological polar surface area (TPSA) is 3.24 Å². The fourth-order valence-corrected chi connectivity index (χ4v) is 3.46. The van der Waals surface area contributed by atoms with Gasteiger partial charge in [-0.2, -0.15) is 0 Å². The van der Waals surface area contributed by atoms with Crippen LogP contribution in [0.15, 0.2) is 20.8 Å². The van der Waals surface area contributed by atoms with Gasteiger partial charge in [-0.1, -0.05) is 18.6 Å². The molecule has 0 radical (unpaired) electrons. The minimum atomic E-state index is 0.302. The second-order valence-corrected chi connectivity index (χ2v) is 6.19. The Morgan fingerprint density at radius 2 is 2.27 bits per heavy atom. The molecule has 2 heterocycles. The summed E-state index contributed by atoms with van der Waals surface area (Å²) in [7, 11) is 0. The third-order valence-electron chi connectivity index (χ3n) is 4.00. The third kappa shape index (κ3) is 1.80. The highest BCUT2D eigenvalue weighted by Crippen LogP contribution is 2.44. The van der Waals surface area contributed by atoms with E-state index in [1.807, 2.05) is 0 Å². The van der Waals surface area contributed by atoms with Crippen molar-refractivity contribution >= 4 is 22.6 Å². The summed E-state index contributed by atoms with van der Waals surface area (Å²) in [6.07, 6.45) is 6.37. The summed E-state index contributed by atoms with van der Waals surface area (Å²) < 4.78 is 1.51. The highest BCUT2D eigenvalue weighted by atomic mass is 127. The van der Waals surface area contributed by atoms with Gasteiger partial charge in [-0.05, 0) is 71.4 Å². The predicted octanol–water partition coefficient (Wildman–Crippen LogP) is 3.90. The van der Waals surface area contributed by atoms with E-state index < -0.39 is 0 Å². The SMILES string of the molecule is CCC(I)=CC12CCCN1CC(C)=C2C. The van der Waals surface area contributed by atoms with E-state index in [0.717, 1.165) is 0 Å². The summed E-state index contributed by atoms with van der Waals surface area (Å²) >= 11 is 2.50. The first-order valence-electron chi connectivity index (χ1n) is 5.89. The molecule has 0 saturated carbocycles. The van der Waals surface area contributed by atoms with Gasteiger partial charge >= 0.3 is 0 Å². The number of hydrogen-bond acceptors (Lipinski definition) is 1. The Morgan fingerprint density at radius 1 is 1.53 bits per heavy atom. The third-order valence-corrected chi connectivity index (χ3v) is 5.08. The lowest BCUT2D eigenvalue weighted by molar-refractivity contribution is 0.264. The van der Waals surface area contributed by atoms with Crippen molar-refractivity contribution in [3.8, 4) is 0 Å². The molecule has 0 N–H and O–H groups in total. The van der Waals surface area contributed by atoms with E-state index in [2.05, 4.69) is 54.3 Å². The highest BCUT2D eigenvalue weighted by molar-refractivity contribution is 14.1. The largest absolute Gasteiger partial charge is 0.287 e. The second-order valence-electron chi connectivity index (χ2n) is 4.80. The number of fused-ring (bicyclic) bond motifs is 1. The van der Waals surface area contributed by atoms with Crippen molar-refractivity contribution in [3.63, 3.8) is 0 Å². The Morgan fingerprint density at radius 3 is 2.93 bits per heavy atom. The normalized spacial score (nSPS) is 32.7. The molecule has 2 heteroatoms. The van der Waals surface area contributed by atoms with Crippen molar-refractivity contribution in [2.75, 3.05) is 13.1 Å². The zero-order valence-corrected chi connectivity index (χ0v) is 12.1. The first kappa shape index (κ1) is 11.6. The maximum Gasteiger partial charge on any atom is 0.0618 e. The first-order chi connectivity index (χ1) is 7.10. The minimum Gasteiger partial charge on any atom is -0.287 e. The van der Waals surface area contributed by atoms with Gasteiger partial charge < -0.3 is 0 Å². The van der Waals surface area contributed by atoms with Crippen LogP contribution in [-0.4, -0.2) is 23.5 Å².